The molecule has 0 bridgehead atoms. The van der Waals surface area contributed by atoms with E-state index >= 15 is 0 Å². The van der Waals surface area contributed by atoms with Gasteiger partial charge in [-0.1, -0.05) is 32.1 Å². The van der Waals surface area contributed by atoms with Crippen LogP contribution in [0.4, 0.5) is 10.8 Å². The molecule has 0 aliphatic carbocycles. The first-order chi connectivity index (χ1) is 16.6. The van der Waals surface area contributed by atoms with Crippen LogP contribution in [0.25, 0.3) is 0 Å². The first-order valence-corrected chi connectivity index (χ1v) is 13.2. The molecule has 4 rings (SSSR count). The number of thiazole rings is 1. The summed E-state index contributed by atoms with van der Waals surface area (Å²) in [6.45, 7) is 9.25. The molecule has 0 saturated carbocycles. The Morgan fingerprint density at radius 2 is 2.14 bits per heavy atom. The van der Waals surface area contributed by atoms with Gasteiger partial charge < -0.3 is 14.6 Å². The van der Waals surface area contributed by atoms with Gasteiger partial charge in [-0.25, -0.2) is 9.97 Å². The number of thioether (sulfide) groups is 1. The highest BCUT2D eigenvalue weighted by atomic mass is 32.2. The summed E-state index contributed by atoms with van der Waals surface area (Å²) in [5.41, 5.74) is 1.04. The summed E-state index contributed by atoms with van der Waals surface area (Å²) in [4.78, 5) is 34.3. The smallest absolute Gasteiger partial charge is 0.269 e. The summed E-state index contributed by atoms with van der Waals surface area (Å²) in [7, 11) is 0. The fourth-order valence-electron chi connectivity index (χ4n) is 3.88. The monoisotopic (exact) mass is 515 g/mol. The third kappa shape index (κ3) is 6.21. The molecule has 9 nitrogen and oxygen atoms in total. The number of oxazole rings is 1. The highest BCUT2D eigenvalue weighted by molar-refractivity contribution is 8.00. The third-order valence-electron chi connectivity index (χ3n) is 5.80. The third-order valence-corrected chi connectivity index (χ3v) is 7.91. The number of hydrogen-bond donors (Lipinski definition) is 1. The molecular formula is C24H29N5O4S2. The average molecular weight is 516 g/mol. The van der Waals surface area contributed by atoms with Gasteiger partial charge in [0.2, 0.25) is 5.89 Å². The number of nitrogens with zero attached hydrogens (tertiary/aromatic N) is 4. The second-order valence-corrected chi connectivity index (χ2v) is 11.9. The predicted molar refractivity (Wildman–Crippen MR) is 137 cm³/mol. The van der Waals surface area contributed by atoms with Gasteiger partial charge in [-0.2, -0.15) is 0 Å². The number of amides is 1. The number of carbonyl (C=O) groups is 1. The Balaban J connectivity index is 1.33. The summed E-state index contributed by atoms with van der Waals surface area (Å²) in [5, 5.41) is 15.3. The lowest BCUT2D eigenvalue weighted by molar-refractivity contribution is -0.384. The van der Waals surface area contributed by atoms with Crippen molar-refractivity contribution in [1.82, 2.24) is 14.9 Å². The summed E-state index contributed by atoms with van der Waals surface area (Å²) in [6, 6.07) is 4.48. The maximum Gasteiger partial charge on any atom is 0.269 e. The largest absolute Gasteiger partial charge is 0.444 e. The number of carbonyl (C=O) groups excluding carboxylic acids is 1. The van der Waals surface area contributed by atoms with E-state index < -0.39 is 4.92 Å². The van der Waals surface area contributed by atoms with Gasteiger partial charge in [0.25, 0.3) is 11.6 Å². The van der Waals surface area contributed by atoms with E-state index in [4.69, 9.17) is 4.42 Å². The number of piperidine rings is 1. The maximum absolute atomic E-state index is 13.1. The molecule has 35 heavy (non-hydrogen) atoms. The van der Waals surface area contributed by atoms with Gasteiger partial charge in [0.15, 0.2) is 5.13 Å². The van der Waals surface area contributed by atoms with Gasteiger partial charge in [0, 0.05) is 42.2 Å². The van der Waals surface area contributed by atoms with Gasteiger partial charge in [-0.15, -0.1) is 11.8 Å². The topological polar surface area (TPSA) is 114 Å². The lowest BCUT2D eigenvalue weighted by Gasteiger charge is -2.33. The number of hydrogen-bond acceptors (Lipinski definition) is 9. The number of nitrogens with one attached hydrogen (secondary N) is 1. The van der Waals surface area contributed by atoms with E-state index in [-0.39, 0.29) is 23.1 Å². The van der Waals surface area contributed by atoms with Crippen molar-refractivity contribution >= 4 is 39.8 Å². The summed E-state index contributed by atoms with van der Waals surface area (Å²) in [5.74, 6) is 2.11. The summed E-state index contributed by atoms with van der Waals surface area (Å²) < 4.78 is 6.92. The van der Waals surface area contributed by atoms with Crippen molar-refractivity contribution in [3.8, 4) is 0 Å². The lowest BCUT2D eigenvalue weighted by Crippen LogP contribution is -2.45. The molecule has 1 saturated heterocycles. The van der Waals surface area contributed by atoms with E-state index in [0.29, 0.717) is 35.9 Å². The molecule has 1 fully saturated rings. The molecule has 1 aliphatic rings. The average Bonchev–Trinajstić information content (AvgIpc) is 3.47. The number of aromatic nitrogens is 2. The highest BCUT2D eigenvalue weighted by Gasteiger charge is 2.26. The molecule has 1 aromatic carbocycles. The Morgan fingerprint density at radius 1 is 1.34 bits per heavy atom. The summed E-state index contributed by atoms with van der Waals surface area (Å²) >= 11 is 3.21. The van der Waals surface area contributed by atoms with Crippen molar-refractivity contribution in [3.05, 3.63) is 63.5 Å². The number of likely N-dealkylation sites (tertiary alicyclic amines) is 1. The van der Waals surface area contributed by atoms with Crippen molar-refractivity contribution in [1.29, 1.82) is 0 Å². The second-order valence-electron chi connectivity index (χ2n) is 9.63. The molecule has 11 heteroatoms. The van der Waals surface area contributed by atoms with Crippen molar-refractivity contribution in [2.24, 2.45) is 0 Å². The minimum Gasteiger partial charge on any atom is -0.444 e. The first kappa shape index (κ1) is 25.2. The van der Waals surface area contributed by atoms with Crippen LogP contribution in [0.5, 0.6) is 0 Å². The lowest BCUT2D eigenvalue weighted by atomic mass is 9.94. The number of nitro benzene ring substituents is 1. The van der Waals surface area contributed by atoms with Crippen molar-refractivity contribution in [2.45, 2.75) is 62.0 Å². The van der Waals surface area contributed by atoms with Crippen LogP contribution < -0.4 is 5.32 Å². The van der Waals surface area contributed by atoms with E-state index in [1.165, 1.54) is 12.1 Å². The first-order valence-electron chi connectivity index (χ1n) is 11.4. The van der Waals surface area contributed by atoms with Crippen LogP contribution >= 0.6 is 23.1 Å². The molecule has 186 valence electrons. The molecule has 0 spiro atoms. The predicted octanol–water partition coefficient (Wildman–Crippen LogP) is 5.65. The minimum atomic E-state index is -0.447. The van der Waals surface area contributed by atoms with Gasteiger partial charge in [-0.3, -0.25) is 14.9 Å². The Hall–Kier alpha value is -2.92. The molecule has 1 atom stereocenters. The number of anilines is 1. The molecule has 1 amide bonds. The molecule has 3 heterocycles. The van der Waals surface area contributed by atoms with Crippen molar-refractivity contribution in [2.75, 3.05) is 18.4 Å². The Morgan fingerprint density at radius 3 is 2.83 bits per heavy atom. The van der Waals surface area contributed by atoms with Gasteiger partial charge in [0.05, 0.1) is 27.3 Å². The van der Waals surface area contributed by atoms with Crippen LogP contribution in [0.15, 0.2) is 39.2 Å². The van der Waals surface area contributed by atoms with E-state index in [9.17, 15) is 14.9 Å². The van der Waals surface area contributed by atoms with Crippen LogP contribution in [-0.2, 0) is 11.2 Å². The van der Waals surface area contributed by atoms with Crippen LogP contribution in [-0.4, -0.2) is 44.8 Å². The fourth-order valence-corrected chi connectivity index (χ4v) is 5.68. The fraction of sp³-hybridized carbons (Fsp3) is 0.458. The molecular weight excluding hydrogens is 486 g/mol. The van der Waals surface area contributed by atoms with E-state index in [0.717, 1.165) is 27.9 Å². The zero-order valence-corrected chi connectivity index (χ0v) is 21.9. The number of nitro groups is 1. The summed E-state index contributed by atoms with van der Waals surface area (Å²) in [6.07, 6.45) is 5.46. The van der Waals surface area contributed by atoms with Gasteiger partial charge in [-0.05, 0) is 31.4 Å². The standard InChI is InChI=1S/C24H29N5O4S2/c1-15-10-17(29(31)32)7-8-18(15)22(30)28-9-5-6-16(13-28)27-23-26-12-21(35-23)34-14-20-25-11-19(33-20)24(2,3)4/h7-8,10-12,16H,5-6,9,13-14H2,1-4H3,(H,26,27)/t16-/m1/s1. The second kappa shape index (κ2) is 10.4. The van der Waals surface area contributed by atoms with Crippen molar-refractivity contribution < 1.29 is 14.1 Å². The zero-order valence-electron chi connectivity index (χ0n) is 20.2. The zero-order chi connectivity index (χ0) is 25.2. The number of rotatable bonds is 7. The van der Waals surface area contributed by atoms with Crippen LogP contribution in [0, 0.1) is 17.0 Å². The SMILES string of the molecule is Cc1cc([N+](=O)[O-])ccc1C(=O)N1CCC[C@@H](Nc2ncc(SCc3ncc(C(C)(C)C)o3)s2)C1. The normalized spacial score (nSPS) is 16.3. The Labute approximate surface area is 212 Å². The Kier molecular flexibility index (Phi) is 7.46. The van der Waals surface area contributed by atoms with Crippen LogP contribution in [0.2, 0.25) is 0 Å². The maximum atomic E-state index is 13.1. The molecule has 0 radical (unpaired) electrons. The number of non-ortho nitro benzene ring substituents is 1. The number of aryl methyl sites for hydroxylation is 1. The van der Waals surface area contributed by atoms with Crippen LogP contribution in [0.3, 0.4) is 0 Å². The Bertz CT molecular complexity index is 1220. The minimum absolute atomic E-state index is 0.00727. The van der Waals surface area contributed by atoms with Gasteiger partial charge >= 0.3 is 0 Å². The molecule has 2 aromatic heterocycles. The van der Waals surface area contributed by atoms with Crippen LogP contribution in [0.1, 0.15) is 61.2 Å². The molecule has 1 aliphatic heterocycles. The number of benzene rings is 1. The van der Waals surface area contributed by atoms with E-state index in [1.54, 1.807) is 42.3 Å². The molecule has 0 unspecified atom stereocenters. The molecule has 1 N–H and O–H groups in total. The van der Waals surface area contributed by atoms with E-state index in [2.05, 4.69) is 36.1 Å². The van der Waals surface area contributed by atoms with Gasteiger partial charge in [0.1, 0.15) is 5.76 Å². The highest BCUT2D eigenvalue weighted by Crippen LogP contribution is 2.32. The molecule has 3 aromatic rings. The quantitative estimate of drug-likeness (QED) is 0.244. The van der Waals surface area contributed by atoms with E-state index in [1.807, 2.05) is 11.1 Å². The van der Waals surface area contributed by atoms with Crippen molar-refractivity contribution in [3.63, 3.8) is 0 Å².